The first-order valence-corrected chi connectivity index (χ1v) is 7.18. The Bertz CT molecular complexity index is 550. The Kier molecular flexibility index (Phi) is 5.01. The van der Waals surface area contributed by atoms with Crippen LogP contribution < -0.4 is 4.90 Å². The highest BCUT2D eigenvalue weighted by Gasteiger charge is 2.31. The number of halogens is 1. The highest BCUT2D eigenvalue weighted by atomic mass is 35.5. The second kappa shape index (κ2) is 6.76. The first kappa shape index (κ1) is 15.6. The topological polar surface area (TPSA) is 72.7 Å². The van der Waals surface area contributed by atoms with Gasteiger partial charge in [0.05, 0.1) is 18.5 Å². The molecular formula is C14H17ClN2O4. The second-order valence-corrected chi connectivity index (χ2v) is 5.40. The molecule has 1 fully saturated rings. The van der Waals surface area contributed by atoms with Crippen LogP contribution in [-0.2, 0) is 9.53 Å². The summed E-state index contributed by atoms with van der Waals surface area (Å²) in [6.45, 7) is 0.669. The van der Waals surface area contributed by atoms with Crippen LogP contribution in [0.1, 0.15) is 25.7 Å². The number of hydrogen-bond donors (Lipinski definition) is 0. The summed E-state index contributed by atoms with van der Waals surface area (Å²) >= 11 is 5.96. The van der Waals surface area contributed by atoms with Gasteiger partial charge in [-0.25, -0.2) is 0 Å². The zero-order valence-electron chi connectivity index (χ0n) is 11.8. The van der Waals surface area contributed by atoms with Crippen molar-refractivity contribution in [3.63, 3.8) is 0 Å². The standard InChI is InChI=1S/C14H17ClN2O4/c1-21-13(18)9-10-5-2-3-8-16(10)12-7-4-6-11(15)14(12)17(19)20/h4,6-7,10H,2-3,5,8-9H2,1H3. The number of benzene rings is 1. The molecule has 114 valence electrons. The molecular weight excluding hydrogens is 296 g/mol. The van der Waals surface area contributed by atoms with Crippen molar-refractivity contribution >= 4 is 28.9 Å². The SMILES string of the molecule is COC(=O)CC1CCCCN1c1cccc(Cl)c1[N+](=O)[O-]. The molecule has 7 heteroatoms. The van der Waals surface area contributed by atoms with Crippen molar-refractivity contribution in [2.45, 2.75) is 31.7 Å². The average Bonchev–Trinajstić information content (AvgIpc) is 2.47. The summed E-state index contributed by atoms with van der Waals surface area (Å²) < 4.78 is 4.71. The van der Waals surface area contributed by atoms with Gasteiger partial charge in [0, 0.05) is 12.6 Å². The van der Waals surface area contributed by atoms with E-state index in [1.165, 1.54) is 13.2 Å². The van der Waals surface area contributed by atoms with E-state index < -0.39 is 4.92 Å². The van der Waals surface area contributed by atoms with Crippen LogP contribution in [0.15, 0.2) is 18.2 Å². The molecule has 0 spiro atoms. The molecule has 1 saturated heterocycles. The summed E-state index contributed by atoms with van der Waals surface area (Å²) in [5, 5.41) is 11.4. The zero-order valence-corrected chi connectivity index (χ0v) is 12.5. The Morgan fingerprint density at radius 2 is 2.29 bits per heavy atom. The first-order valence-electron chi connectivity index (χ1n) is 6.81. The van der Waals surface area contributed by atoms with Gasteiger partial charge in [0.15, 0.2) is 0 Å². The van der Waals surface area contributed by atoms with Gasteiger partial charge in [-0.05, 0) is 31.4 Å². The van der Waals surface area contributed by atoms with Gasteiger partial charge < -0.3 is 9.64 Å². The third-order valence-electron chi connectivity index (χ3n) is 3.71. The van der Waals surface area contributed by atoms with Crippen LogP contribution in [0.2, 0.25) is 5.02 Å². The number of methoxy groups -OCH3 is 1. The monoisotopic (exact) mass is 312 g/mol. The van der Waals surface area contributed by atoms with Crippen LogP contribution in [0.3, 0.4) is 0 Å². The van der Waals surface area contributed by atoms with Crippen LogP contribution in [0.5, 0.6) is 0 Å². The normalized spacial score (nSPS) is 18.4. The summed E-state index contributed by atoms with van der Waals surface area (Å²) in [5.41, 5.74) is 0.372. The third kappa shape index (κ3) is 3.44. The van der Waals surface area contributed by atoms with Gasteiger partial charge in [-0.15, -0.1) is 0 Å². The quantitative estimate of drug-likeness (QED) is 0.485. The van der Waals surface area contributed by atoms with E-state index in [4.69, 9.17) is 16.3 Å². The molecule has 0 amide bonds. The number of nitro benzene ring substituents is 1. The number of hydrogen-bond acceptors (Lipinski definition) is 5. The molecule has 21 heavy (non-hydrogen) atoms. The molecule has 1 aromatic rings. The van der Waals surface area contributed by atoms with E-state index >= 15 is 0 Å². The molecule has 0 saturated carbocycles. The largest absolute Gasteiger partial charge is 0.469 e. The highest BCUT2D eigenvalue weighted by Crippen LogP contribution is 2.38. The summed E-state index contributed by atoms with van der Waals surface area (Å²) in [7, 11) is 1.34. The molecule has 6 nitrogen and oxygen atoms in total. The van der Waals surface area contributed by atoms with Crippen LogP contribution in [0.25, 0.3) is 0 Å². The maximum atomic E-state index is 11.5. The number of nitro groups is 1. The Hall–Kier alpha value is -1.82. The van der Waals surface area contributed by atoms with Crippen molar-refractivity contribution in [3.8, 4) is 0 Å². The van der Waals surface area contributed by atoms with Gasteiger partial charge in [0.25, 0.3) is 0 Å². The molecule has 0 bridgehead atoms. The lowest BCUT2D eigenvalue weighted by Gasteiger charge is -2.36. The van der Waals surface area contributed by atoms with Gasteiger partial charge in [0.2, 0.25) is 0 Å². The fourth-order valence-electron chi connectivity index (χ4n) is 2.72. The van der Waals surface area contributed by atoms with Crippen LogP contribution in [0, 0.1) is 10.1 Å². The number of carbonyl (C=O) groups is 1. The predicted octanol–water partition coefficient (Wildman–Crippen LogP) is 3.17. The zero-order chi connectivity index (χ0) is 15.4. The molecule has 1 atom stereocenters. The van der Waals surface area contributed by atoms with E-state index in [-0.39, 0.29) is 29.1 Å². The van der Waals surface area contributed by atoms with E-state index in [0.29, 0.717) is 12.2 Å². The Balaban J connectivity index is 2.35. The van der Waals surface area contributed by atoms with Gasteiger partial charge in [-0.2, -0.15) is 0 Å². The molecule has 0 aliphatic carbocycles. The van der Waals surface area contributed by atoms with Crippen molar-refractivity contribution < 1.29 is 14.5 Å². The van der Waals surface area contributed by atoms with Crippen molar-refractivity contribution in [1.29, 1.82) is 0 Å². The average molecular weight is 313 g/mol. The maximum absolute atomic E-state index is 11.5. The number of rotatable bonds is 4. The Labute approximate surface area is 127 Å². The molecule has 1 aliphatic rings. The lowest BCUT2D eigenvalue weighted by Crippen LogP contribution is -2.41. The fourth-order valence-corrected chi connectivity index (χ4v) is 2.96. The molecule has 0 N–H and O–H groups in total. The first-order chi connectivity index (χ1) is 10.0. The van der Waals surface area contributed by atoms with Gasteiger partial charge in [0.1, 0.15) is 10.7 Å². The third-order valence-corrected chi connectivity index (χ3v) is 4.02. The second-order valence-electron chi connectivity index (χ2n) is 4.99. The molecule has 0 aromatic heterocycles. The number of para-hydroxylation sites is 1. The summed E-state index contributed by atoms with van der Waals surface area (Å²) in [5.74, 6) is -0.309. The summed E-state index contributed by atoms with van der Waals surface area (Å²) in [6.07, 6.45) is 2.95. The van der Waals surface area contributed by atoms with E-state index in [9.17, 15) is 14.9 Å². The molecule has 2 rings (SSSR count). The summed E-state index contributed by atoms with van der Waals surface area (Å²) in [6, 6.07) is 4.78. The fraction of sp³-hybridized carbons (Fsp3) is 0.500. The van der Waals surface area contributed by atoms with E-state index in [1.807, 2.05) is 4.90 Å². The van der Waals surface area contributed by atoms with Crippen LogP contribution in [-0.4, -0.2) is 30.6 Å². The number of piperidine rings is 1. The minimum atomic E-state index is -0.471. The van der Waals surface area contributed by atoms with Crippen molar-refractivity contribution in [3.05, 3.63) is 33.3 Å². The van der Waals surface area contributed by atoms with E-state index in [0.717, 1.165) is 19.3 Å². The molecule has 0 radical (unpaired) electrons. The van der Waals surface area contributed by atoms with Crippen molar-refractivity contribution in [2.75, 3.05) is 18.6 Å². The molecule has 1 unspecified atom stereocenters. The number of carbonyl (C=O) groups excluding carboxylic acids is 1. The molecule has 1 heterocycles. The van der Waals surface area contributed by atoms with Gasteiger partial charge in [-0.1, -0.05) is 17.7 Å². The Morgan fingerprint density at radius 1 is 1.52 bits per heavy atom. The lowest BCUT2D eigenvalue weighted by molar-refractivity contribution is -0.384. The van der Waals surface area contributed by atoms with Crippen LogP contribution >= 0.6 is 11.6 Å². The van der Waals surface area contributed by atoms with E-state index in [1.54, 1.807) is 12.1 Å². The molecule has 1 aliphatic heterocycles. The number of esters is 1. The number of anilines is 1. The molecule has 1 aromatic carbocycles. The summed E-state index contributed by atoms with van der Waals surface area (Å²) in [4.78, 5) is 24.2. The highest BCUT2D eigenvalue weighted by molar-refractivity contribution is 6.33. The van der Waals surface area contributed by atoms with E-state index in [2.05, 4.69) is 0 Å². The van der Waals surface area contributed by atoms with Gasteiger partial charge >= 0.3 is 11.7 Å². The Morgan fingerprint density at radius 3 is 2.95 bits per heavy atom. The van der Waals surface area contributed by atoms with Crippen molar-refractivity contribution in [2.24, 2.45) is 0 Å². The minimum Gasteiger partial charge on any atom is -0.469 e. The number of nitrogens with zero attached hydrogens (tertiary/aromatic N) is 2. The number of ether oxygens (including phenoxy) is 1. The van der Waals surface area contributed by atoms with Crippen molar-refractivity contribution in [1.82, 2.24) is 0 Å². The lowest BCUT2D eigenvalue weighted by atomic mass is 9.98. The smallest absolute Gasteiger partial charge is 0.310 e. The van der Waals surface area contributed by atoms with Gasteiger partial charge in [-0.3, -0.25) is 14.9 Å². The minimum absolute atomic E-state index is 0.0941. The predicted molar refractivity (Wildman–Crippen MR) is 79.7 cm³/mol. The van der Waals surface area contributed by atoms with Crippen LogP contribution in [0.4, 0.5) is 11.4 Å². The maximum Gasteiger partial charge on any atom is 0.310 e.